The summed E-state index contributed by atoms with van der Waals surface area (Å²) in [5.74, 6) is 2.61. The van der Waals surface area contributed by atoms with E-state index < -0.39 is 0 Å². The van der Waals surface area contributed by atoms with Crippen LogP contribution in [0.3, 0.4) is 0 Å². The Morgan fingerprint density at radius 2 is 0.750 bits per heavy atom. The number of ether oxygens (including phenoxy) is 6. The van der Waals surface area contributed by atoms with Crippen LogP contribution in [0.4, 0.5) is 0 Å². The van der Waals surface area contributed by atoms with Gasteiger partial charge in [-0.3, -0.25) is 0 Å². The minimum absolute atomic E-state index is 0.190. The molecule has 0 spiro atoms. The van der Waals surface area contributed by atoms with Gasteiger partial charge in [-0.05, 0) is 124 Å². The normalized spacial score (nSPS) is 18.9. The molecule has 3 unspecified atom stereocenters. The fraction of sp³-hybridized carbons (Fsp3) is 0.286. The Morgan fingerprint density at radius 3 is 1.00 bits per heavy atom. The van der Waals surface area contributed by atoms with Crippen molar-refractivity contribution in [1.82, 2.24) is 0 Å². The summed E-state index contributed by atoms with van der Waals surface area (Å²) < 4.78 is 34.5. The monoisotopic (exact) mass is 642 g/mol. The molecule has 3 aliphatic heterocycles. The van der Waals surface area contributed by atoms with Crippen molar-refractivity contribution in [3.05, 3.63) is 127 Å². The number of benzene rings is 4. The van der Waals surface area contributed by atoms with Gasteiger partial charge in [0, 0.05) is 0 Å². The summed E-state index contributed by atoms with van der Waals surface area (Å²) in [6, 6.07) is 26.1. The van der Waals surface area contributed by atoms with E-state index in [-0.39, 0.29) is 18.3 Å². The van der Waals surface area contributed by atoms with Gasteiger partial charge in [-0.1, -0.05) is 36.4 Å². The molecule has 6 nitrogen and oxygen atoms in total. The Balaban J connectivity index is 1.29. The molecule has 3 heterocycles. The molecule has 0 bridgehead atoms. The molecule has 3 atom stereocenters. The fourth-order valence-corrected chi connectivity index (χ4v) is 5.81. The Morgan fingerprint density at radius 1 is 0.458 bits per heavy atom. The van der Waals surface area contributed by atoms with Gasteiger partial charge < -0.3 is 28.4 Å². The smallest absolute Gasteiger partial charge is 0.122 e. The van der Waals surface area contributed by atoms with Gasteiger partial charge in [-0.25, -0.2) is 0 Å². The van der Waals surface area contributed by atoms with Crippen molar-refractivity contribution in [2.24, 2.45) is 0 Å². The number of epoxide rings is 3. The third-order valence-corrected chi connectivity index (χ3v) is 8.69. The maximum atomic E-state index is 6.13. The standard InChI is InChI=1S/C42H42O6/c1-4-7-31-16-28(10-13-40(31)46-25-37-22-43-37)34-19-35(29-11-14-41(32(17-29)8-5-2)47-26-38-23-44-38)21-36(20-34)30-12-15-42(33(18-30)9-6-3)48-27-39-24-45-39/h4-6,10-21,37-39H,1-3,7-9,22-27H2. The van der Waals surface area contributed by atoms with E-state index in [4.69, 9.17) is 28.4 Å². The highest BCUT2D eigenvalue weighted by molar-refractivity contribution is 5.82. The summed E-state index contributed by atoms with van der Waals surface area (Å²) >= 11 is 0. The molecule has 6 heteroatoms. The number of hydrogen-bond donors (Lipinski definition) is 0. The van der Waals surface area contributed by atoms with E-state index in [9.17, 15) is 0 Å². The summed E-state index contributed by atoms with van der Waals surface area (Å²) in [7, 11) is 0. The molecule has 3 saturated heterocycles. The van der Waals surface area contributed by atoms with Crippen LogP contribution in [0.25, 0.3) is 33.4 Å². The van der Waals surface area contributed by atoms with Gasteiger partial charge in [0.15, 0.2) is 0 Å². The Kier molecular flexibility index (Phi) is 9.75. The Hall–Kier alpha value is -4.62. The topological polar surface area (TPSA) is 65.3 Å². The van der Waals surface area contributed by atoms with Crippen molar-refractivity contribution >= 4 is 0 Å². The first-order valence-electron chi connectivity index (χ1n) is 16.7. The number of allylic oxidation sites excluding steroid dienone is 3. The van der Waals surface area contributed by atoms with Crippen molar-refractivity contribution in [2.75, 3.05) is 39.6 Å². The first kappa shape index (κ1) is 32.0. The van der Waals surface area contributed by atoms with E-state index in [1.807, 2.05) is 18.2 Å². The van der Waals surface area contributed by atoms with Crippen LogP contribution in [0.5, 0.6) is 17.2 Å². The highest BCUT2D eigenvalue weighted by Gasteiger charge is 2.25. The second-order valence-electron chi connectivity index (χ2n) is 12.5. The summed E-state index contributed by atoms with van der Waals surface area (Å²) in [5.41, 5.74) is 9.94. The lowest BCUT2D eigenvalue weighted by Gasteiger charge is -2.17. The van der Waals surface area contributed by atoms with Crippen molar-refractivity contribution in [2.45, 2.75) is 37.6 Å². The van der Waals surface area contributed by atoms with Gasteiger partial charge in [0.1, 0.15) is 55.4 Å². The van der Waals surface area contributed by atoms with Gasteiger partial charge in [0.05, 0.1) is 19.8 Å². The van der Waals surface area contributed by atoms with Crippen LogP contribution in [0.2, 0.25) is 0 Å². The van der Waals surface area contributed by atoms with Gasteiger partial charge in [-0.2, -0.15) is 0 Å². The molecule has 0 amide bonds. The van der Waals surface area contributed by atoms with Crippen molar-refractivity contribution < 1.29 is 28.4 Å². The van der Waals surface area contributed by atoms with E-state index >= 15 is 0 Å². The molecule has 3 aliphatic rings. The van der Waals surface area contributed by atoms with Crippen LogP contribution < -0.4 is 14.2 Å². The average Bonchev–Trinajstić information content (AvgIpc) is 3.96. The molecule has 0 aliphatic carbocycles. The molecule has 0 radical (unpaired) electrons. The zero-order valence-corrected chi connectivity index (χ0v) is 27.3. The second kappa shape index (κ2) is 14.7. The summed E-state index contributed by atoms with van der Waals surface area (Å²) in [5, 5.41) is 0. The van der Waals surface area contributed by atoms with Crippen LogP contribution in [-0.4, -0.2) is 58.0 Å². The van der Waals surface area contributed by atoms with E-state index in [0.29, 0.717) is 39.1 Å². The predicted molar refractivity (Wildman–Crippen MR) is 190 cm³/mol. The molecule has 0 N–H and O–H groups in total. The fourth-order valence-electron chi connectivity index (χ4n) is 5.81. The molecule has 48 heavy (non-hydrogen) atoms. The lowest BCUT2D eigenvalue weighted by atomic mass is 9.91. The van der Waals surface area contributed by atoms with Crippen LogP contribution in [0, 0.1) is 0 Å². The van der Waals surface area contributed by atoms with E-state index in [0.717, 1.165) is 87.1 Å². The van der Waals surface area contributed by atoms with E-state index in [1.54, 1.807) is 0 Å². The first-order valence-corrected chi connectivity index (χ1v) is 16.7. The number of rotatable bonds is 18. The minimum Gasteiger partial charge on any atom is -0.490 e. The summed E-state index contributed by atoms with van der Waals surface area (Å²) in [4.78, 5) is 0. The molecule has 4 aromatic rings. The van der Waals surface area contributed by atoms with E-state index in [1.165, 1.54) is 0 Å². The molecule has 246 valence electrons. The lowest BCUT2D eigenvalue weighted by Crippen LogP contribution is -2.06. The van der Waals surface area contributed by atoms with Gasteiger partial charge in [0.2, 0.25) is 0 Å². The van der Waals surface area contributed by atoms with Crippen molar-refractivity contribution in [1.29, 1.82) is 0 Å². The Labute approximate surface area is 283 Å². The molecule has 0 aromatic heterocycles. The SMILES string of the molecule is C=CCc1cc(-c2cc(-c3ccc(OCC4CO4)c(CC=C)c3)cc(-c3ccc(OCC4CO4)c(CC=C)c3)c2)ccc1OCC1CO1. The van der Waals surface area contributed by atoms with Gasteiger partial charge >= 0.3 is 0 Å². The second-order valence-corrected chi connectivity index (χ2v) is 12.5. The third-order valence-electron chi connectivity index (χ3n) is 8.69. The number of hydrogen-bond acceptors (Lipinski definition) is 6. The molecule has 4 aromatic carbocycles. The molecular weight excluding hydrogens is 600 g/mol. The highest BCUT2D eigenvalue weighted by atomic mass is 16.6. The minimum atomic E-state index is 0.190. The first-order chi connectivity index (χ1) is 23.6. The Bertz CT molecular complexity index is 1580. The molecule has 7 rings (SSSR count). The van der Waals surface area contributed by atoms with E-state index in [2.05, 4.69) is 92.5 Å². The van der Waals surface area contributed by atoms with Gasteiger partial charge in [-0.15, -0.1) is 19.7 Å². The average molecular weight is 643 g/mol. The summed E-state index contributed by atoms with van der Waals surface area (Å²) in [6.07, 6.45) is 8.44. The maximum Gasteiger partial charge on any atom is 0.122 e. The predicted octanol–water partition coefficient (Wildman–Crippen LogP) is 8.21. The van der Waals surface area contributed by atoms with Crippen LogP contribution in [0.1, 0.15) is 16.7 Å². The third kappa shape index (κ3) is 8.08. The zero-order valence-electron chi connectivity index (χ0n) is 27.3. The quantitative estimate of drug-likeness (QED) is 0.0805. The maximum absolute atomic E-state index is 6.13. The molecule has 0 saturated carbocycles. The zero-order chi connectivity index (χ0) is 32.9. The van der Waals surface area contributed by atoms with Crippen LogP contribution in [0.15, 0.2) is 111 Å². The van der Waals surface area contributed by atoms with Crippen LogP contribution >= 0.6 is 0 Å². The molecular formula is C42H42O6. The van der Waals surface area contributed by atoms with Crippen molar-refractivity contribution in [3.8, 4) is 50.6 Å². The molecule has 3 fully saturated rings. The van der Waals surface area contributed by atoms with Crippen LogP contribution in [-0.2, 0) is 33.5 Å². The highest BCUT2D eigenvalue weighted by Crippen LogP contribution is 2.38. The van der Waals surface area contributed by atoms with Crippen molar-refractivity contribution in [3.63, 3.8) is 0 Å². The van der Waals surface area contributed by atoms with Gasteiger partial charge in [0.25, 0.3) is 0 Å². The summed E-state index contributed by atoms with van der Waals surface area (Å²) in [6.45, 7) is 16.0. The largest absolute Gasteiger partial charge is 0.490 e. The lowest BCUT2D eigenvalue weighted by molar-refractivity contribution is 0.261.